The number of hydrazine groups is 1. The Hall–Kier alpha value is -1.35. The number of rotatable bonds is 11. The van der Waals surface area contributed by atoms with Gasteiger partial charge in [-0.25, -0.2) is 0 Å². The van der Waals surface area contributed by atoms with Crippen LogP contribution in [0.25, 0.3) is 0 Å². The molecule has 160 valence electrons. The summed E-state index contributed by atoms with van der Waals surface area (Å²) in [4.78, 5) is 0. The van der Waals surface area contributed by atoms with E-state index in [4.69, 9.17) is 26.9 Å². The summed E-state index contributed by atoms with van der Waals surface area (Å²) in [6, 6.07) is 13.7. The van der Waals surface area contributed by atoms with Crippen LogP contribution in [0.3, 0.4) is 0 Å². The summed E-state index contributed by atoms with van der Waals surface area (Å²) in [5, 5.41) is 19.2. The van der Waals surface area contributed by atoms with Gasteiger partial charge in [-0.2, -0.15) is 0 Å². The van der Waals surface area contributed by atoms with Crippen molar-refractivity contribution < 1.29 is 19.7 Å². The minimum Gasteiger partial charge on any atom is -0.491 e. The molecule has 0 radical (unpaired) electrons. The van der Waals surface area contributed by atoms with Gasteiger partial charge in [-0.3, -0.25) is 11.3 Å². The topological polar surface area (TPSA) is 97.0 Å². The molecule has 0 saturated carbocycles. The van der Waals surface area contributed by atoms with E-state index in [1.54, 1.807) is 0 Å². The van der Waals surface area contributed by atoms with Crippen molar-refractivity contribution in [3.05, 3.63) is 58.1 Å². The fraction of sp³-hybridized carbons (Fsp3) is 0.429. The van der Waals surface area contributed by atoms with Gasteiger partial charge in [0.1, 0.15) is 36.9 Å². The Morgan fingerprint density at radius 2 is 1.66 bits per heavy atom. The van der Waals surface area contributed by atoms with Crippen LogP contribution in [0.15, 0.2) is 46.9 Å². The summed E-state index contributed by atoms with van der Waals surface area (Å²) in [7, 11) is 0. The minimum atomic E-state index is -0.701. The molecule has 2 aromatic carbocycles. The summed E-state index contributed by atoms with van der Waals surface area (Å²) < 4.78 is 12.0. The molecule has 0 bridgehead atoms. The Labute approximate surface area is 185 Å². The van der Waals surface area contributed by atoms with Crippen LogP contribution in [0.2, 0.25) is 0 Å². The lowest BCUT2D eigenvalue weighted by Crippen LogP contribution is -2.35. The Morgan fingerprint density at radius 1 is 1.03 bits per heavy atom. The van der Waals surface area contributed by atoms with Crippen molar-refractivity contribution in [1.29, 1.82) is 0 Å². The highest BCUT2D eigenvalue weighted by atomic mass is 79.9. The van der Waals surface area contributed by atoms with Crippen LogP contribution in [0.4, 0.5) is 0 Å². The number of ether oxygens (including phenoxy) is 2. The molecule has 6 nitrogen and oxygen atoms in total. The second-order valence-corrected chi connectivity index (χ2v) is 8.45. The number of nitrogens with one attached hydrogen (secondary N) is 1. The highest BCUT2D eigenvalue weighted by molar-refractivity contribution is 9.10. The zero-order chi connectivity index (χ0) is 21.4. The normalized spacial score (nSPS) is 13.8. The van der Waals surface area contributed by atoms with E-state index in [0.717, 1.165) is 15.6 Å². The van der Waals surface area contributed by atoms with Crippen molar-refractivity contribution in [2.24, 2.45) is 5.84 Å². The van der Waals surface area contributed by atoms with Crippen molar-refractivity contribution in [2.45, 2.75) is 31.5 Å². The first kappa shape index (κ1) is 23.9. The predicted molar refractivity (Wildman–Crippen MR) is 119 cm³/mol. The highest BCUT2D eigenvalue weighted by Crippen LogP contribution is 2.36. The first-order valence-corrected chi connectivity index (χ1v) is 10.6. The third kappa shape index (κ3) is 6.84. The van der Waals surface area contributed by atoms with E-state index >= 15 is 0 Å². The molecule has 0 aliphatic rings. The molecule has 0 aliphatic heterocycles. The van der Waals surface area contributed by atoms with E-state index in [1.807, 2.05) is 42.5 Å². The zero-order valence-electron chi connectivity index (χ0n) is 16.6. The number of benzene rings is 2. The second kappa shape index (κ2) is 11.2. The van der Waals surface area contributed by atoms with Gasteiger partial charge in [-0.05, 0) is 51.3 Å². The third-order valence-electron chi connectivity index (χ3n) is 4.63. The number of aliphatic hydroxyl groups is 2. The molecule has 2 rings (SSSR count). The van der Waals surface area contributed by atoms with Crippen LogP contribution >= 0.6 is 27.5 Å². The Morgan fingerprint density at radius 3 is 2.24 bits per heavy atom. The standard InChI is InChI=1S/C21H28BrClN2O4/c1-21(2,14-3-6-18(7-4-14)28-13-17(27)11-25-24)15-5-8-20(19(22)9-15)29-12-16(26)10-23/h3-9,16-17,25-27H,10-13,24H2,1-2H3. The molecule has 2 aromatic rings. The first-order chi connectivity index (χ1) is 13.8. The van der Waals surface area contributed by atoms with Crippen LogP contribution in [-0.2, 0) is 5.41 Å². The van der Waals surface area contributed by atoms with E-state index in [0.29, 0.717) is 11.5 Å². The predicted octanol–water partition coefficient (Wildman–Crippen LogP) is 2.96. The molecule has 0 heterocycles. The Bertz CT molecular complexity index is 774. The Balaban J connectivity index is 2.08. The Kier molecular flexibility index (Phi) is 9.20. The maximum Gasteiger partial charge on any atom is 0.133 e. The van der Waals surface area contributed by atoms with Gasteiger partial charge in [0.25, 0.3) is 0 Å². The molecule has 2 atom stereocenters. The van der Waals surface area contributed by atoms with Crippen LogP contribution < -0.4 is 20.7 Å². The van der Waals surface area contributed by atoms with Gasteiger partial charge < -0.3 is 19.7 Å². The average molecular weight is 488 g/mol. The lowest BCUT2D eigenvalue weighted by molar-refractivity contribution is 0.106. The molecule has 0 fully saturated rings. The van der Waals surface area contributed by atoms with E-state index < -0.39 is 12.2 Å². The van der Waals surface area contributed by atoms with Gasteiger partial charge in [0.15, 0.2) is 0 Å². The number of hydrogen-bond acceptors (Lipinski definition) is 6. The lowest BCUT2D eigenvalue weighted by atomic mass is 9.78. The molecular weight excluding hydrogens is 460 g/mol. The van der Waals surface area contributed by atoms with Gasteiger partial charge in [0, 0.05) is 12.0 Å². The molecular formula is C21H28BrClN2O4. The fourth-order valence-corrected chi connectivity index (χ4v) is 3.34. The zero-order valence-corrected chi connectivity index (χ0v) is 18.9. The molecule has 29 heavy (non-hydrogen) atoms. The quantitative estimate of drug-likeness (QED) is 0.221. The molecule has 2 unspecified atom stereocenters. The van der Waals surface area contributed by atoms with Gasteiger partial charge >= 0.3 is 0 Å². The number of hydrogen-bond donors (Lipinski definition) is 4. The maximum absolute atomic E-state index is 9.67. The van der Waals surface area contributed by atoms with E-state index in [1.165, 1.54) is 0 Å². The van der Waals surface area contributed by atoms with E-state index in [-0.39, 0.29) is 31.1 Å². The summed E-state index contributed by atoms with van der Waals surface area (Å²) in [6.45, 7) is 4.85. The van der Waals surface area contributed by atoms with Crippen molar-refractivity contribution in [3.8, 4) is 11.5 Å². The highest BCUT2D eigenvalue weighted by Gasteiger charge is 2.24. The lowest BCUT2D eigenvalue weighted by Gasteiger charge is -2.27. The molecule has 0 aromatic heterocycles. The van der Waals surface area contributed by atoms with Gasteiger partial charge in [0.05, 0.1) is 10.4 Å². The van der Waals surface area contributed by atoms with Gasteiger partial charge in [0.2, 0.25) is 0 Å². The van der Waals surface area contributed by atoms with Crippen LogP contribution in [0.1, 0.15) is 25.0 Å². The third-order valence-corrected chi connectivity index (χ3v) is 5.61. The van der Waals surface area contributed by atoms with Gasteiger partial charge in [-0.15, -0.1) is 11.6 Å². The van der Waals surface area contributed by atoms with Crippen LogP contribution in [0.5, 0.6) is 11.5 Å². The summed E-state index contributed by atoms with van der Waals surface area (Å²) >= 11 is 9.15. The monoisotopic (exact) mass is 486 g/mol. The number of alkyl halides is 1. The van der Waals surface area contributed by atoms with Crippen molar-refractivity contribution in [3.63, 3.8) is 0 Å². The number of halogens is 2. The summed E-state index contributed by atoms with van der Waals surface area (Å²) in [5.74, 6) is 6.65. The van der Waals surface area contributed by atoms with E-state index in [9.17, 15) is 10.2 Å². The SMILES string of the molecule is CC(C)(c1ccc(OCC(O)CNN)cc1)c1ccc(OCC(O)CCl)c(Br)c1. The van der Waals surface area contributed by atoms with Gasteiger partial charge in [-0.1, -0.05) is 32.0 Å². The maximum atomic E-state index is 9.67. The molecule has 0 spiro atoms. The second-order valence-electron chi connectivity index (χ2n) is 7.29. The first-order valence-electron chi connectivity index (χ1n) is 9.29. The molecule has 0 saturated heterocycles. The largest absolute Gasteiger partial charge is 0.491 e. The van der Waals surface area contributed by atoms with Crippen LogP contribution in [-0.4, -0.2) is 48.1 Å². The smallest absolute Gasteiger partial charge is 0.133 e. The summed E-state index contributed by atoms with van der Waals surface area (Å²) in [5.41, 5.74) is 4.38. The minimum absolute atomic E-state index is 0.130. The molecule has 0 aliphatic carbocycles. The van der Waals surface area contributed by atoms with Crippen molar-refractivity contribution in [2.75, 3.05) is 25.6 Å². The number of nitrogens with two attached hydrogens (primary N) is 1. The van der Waals surface area contributed by atoms with E-state index in [2.05, 4.69) is 35.2 Å². The average Bonchev–Trinajstić information content (AvgIpc) is 2.71. The van der Waals surface area contributed by atoms with Crippen molar-refractivity contribution >= 4 is 27.5 Å². The molecule has 0 amide bonds. The van der Waals surface area contributed by atoms with Crippen LogP contribution in [0, 0.1) is 0 Å². The number of aliphatic hydroxyl groups excluding tert-OH is 2. The molecule has 8 heteroatoms. The fourth-order valence-electron chi connectivity index (χ4n) is 2.76. The van der Waals surface area contributed by atoms with Crippen molar-refractivity contribution in [1.82, 2.24) is 5.43 Å². The molecule has 5 N–H and O–H groups in total. The summed E-state index contributed by atoms with van der Waals surface area (Å²) in [6.07, 6.45) is -1.37.